The Morgan fingerprint density at radius 2 is 0.625 bits per heavy atom. The topological polar surface area (TPSA) is 78.9 Å². The van der Waals surface area contributed by atoms with Crippen molar-refractivity contribution >= 4 is 17.9 Å². The average molecular weight is 893 g/mol. The molecule has 6 heteroatoms. The Morgan fingerprint density at radius 1 is 0.328 bits per heavy atom. The molecule has 0 amide bonds. The van der Waals surface area contributed by atoms with E-state index in [1.165, 1.54) is 109 Å². The van der Waals surface area contributed by atoms with Crippen molar-refractivity contribution in [2.45, 2.75) is 264 Å². The maximum Gasteiger partial charge on any atom is 0.306 e. The van der Waals surface area contributed by atoms with E-state index in [-0.39, 0.29) is 31.1 Å². The lowest BCUT2D eigenvalue weighted by Gasteiger charge is -2.18. The molecule has 0 bridgehead atoms. The Labute approximate surface area is 395 Å². The molecule has 1 unspecified atom stereocenters. The fourth-order valence-electron chi connectivity index (χ4n) is 7.35. The van der Waals surface area contributed by atoms with E-state index >= 15 is 0 Å². The molecule has 0 aromatic rings. The number of hydrogen-bond acceptors (Lipinski definition) is 6. The third-order valence-corrected chi connectivity index (χ3v) is 11.4. The SMILES string of the molecule is CC/C=C\C/C=C\C/C=C\C/C=C\CCCCCCCCC(=O)OCC(COC(=O)CCCCCCC/C=C\CCCC)OC(=O)CCCCCCC/C=C\CCCCCCCCC. The van der Waals surface area contributed by atoms with Crippen molar-refractivity contribution in [2.24, 2.45) is 0 Å². The molecule has 0 saturated carbocycles. The Balaban J connectivity index is 4.39. The van der Waals surface area contributed by atoms with Gasteiger partial charge in [0.1, 0.15) is 13.2 Å². The minimum Gasteiger partial charge on any atom is -0.462 e. The maximum absolute atomic E-state index is 12.8. The predicted octanol–water partition coefficient (Wildman–Crippen LogP) is 17.8. The number of unbranched alkanes of at least 4 members (excludes halogenated alkanes) is 25. The average Bonchev–Trinajstić information content (AvgIpc) is 3.29. The van der Waals surface area contributed by atoms with E-state index in [2.05, 4.69) is 93.7 Å². The van der Waals surface area contributed by atoms with Gasteiger partial charge in [0, 0.05) is 19.3 Å². The van der Waals surface area contributed by atoms with Crippen molar-refractivity contribution in [1.29, 1.82) is 0 Å². The van der Waals surface area contributed by atoms with E-state index in [1.807, 2.05) is 0 Å². The first kappa shape index (κ1) is 60.9. The van der Waals surface area contributed by atoms with Gasteiger partial charge in [-0.25, -0.2) is 0 Å². The van der Waals surface area contributed by atoms with Crippen LogP contribution in [0.1, 0.15) is 258 Å². The number of ether oxygens (including phenoxy) is 3. The standard InChI is InChI=1S/C58H100O6/c1-4-7-10-13-16-19-22-24-26-28-29-30-32-33-36-39-42-45-48-51-57(60)63-54-55(53-62-56(59)50-47-44-41-38-35-21-18-15-12-9-6-3)64-58(61)52-49-46-43-40-37-34-31-27-25-23-20-17-14-11-8-5-2/h7,10,15-16,18-19,24,26-27,29-31,55H,4-6,8-9,11-14,17,20-23,25,28,32-54H2,1-3H3/b10-7-,18-15-,19-16-,26-24-,30-29-,31-27-. The first-order chi connectivity index (χ1) is 31.5. The van der Waals surface area contributed by atoms with Gasteiger partial charge in [-0.3, -0.25) is 14.4 Å². The Hall–Kier alpha value is -3.15. The summed E-state index contributed by atoms with van der Waals surface area (Å²) in [5, 5.41) is 0. The van der Waals surface area contributed by atoms with E-state index in [1.54, 1.807) is 0 Å². The zero-order valence-electron chi connectivity index (χ0n) is 42.0. The molecule has 0 radical (unpaired) electrons. The highest BCUT2D eigenvalue weighted by molar-refractivity contribution is 5.71. The number of allylic oxidation sites excluding steroid dienone is 12. The molecule has 0 heterocycles. The van der Waals surface area contributed by atoms with Gasteiger partial charge in [-0.2, -0.15) is 0 Å². The van der Waals surface area contributed by atoms with E-state index in [0.29, 0.717) is 19.3 Å². The molecule has 0 aliphatic rings. The van der Waals surface area contributed by atoms with Crippen LogP contribution in [0.2, 0.25) is 0 Å². The molecule has 0 aliphatic heterocycles. The van der Waals surface area contributed by atoms with Crippen LogP contribution in [0.4, 0.5) is 0 Å². The second-order valence-corrected chi connectivity index (χ2v) is 17.7. The summed E-state index contributed by atoms with van der Waals surface area (Å²) in [6.45, 7) is 6.46. The van der Waals surface area contributed by atoms with E-state index in [9.17, 15) is 14.4 Å². The molecule has 0 rings (SSSR count). The van der Waals surface area contributed by atoms with E-state index < -0.39 is 6.10 Å². The van der Waals surface area contributed by atoms with Gasteiger partial charge < -0.3 is 14.2 Å². The number of rotatable bonds is 48. The summed E-state index contributed by atoms with van der Waals surface area (Å²) in [5.41, 5.74) is 0. The minimum atomic E-state index is -0.788. The molecule has 368 valence electrons. The molecular formula is C58H100O6. The summed E-state index contributed by atoms with van der Waals surface area (Å²) in [4.78, 5) is 38.0. The zero-order chi connectivity index (χ0) is 46.5. The predicted molar refractivity (Wildman–Crippen MR) is 274 cm³/mol. The van der Waals surface area contributed by atoms with Crippen molar-refractivity contribution < 1.29 is 28.6 Å². The highest BCUT2D eigenvalue weighted by Crippen LogP contribution is 2.14. The molecule has 0 aliphatic carbocycles. The van der Waals surface area contributed by atoms with Gasteiger partial charge in [0.15, 0.2) is 6.10 Å². The van der Waals surface area contributed by atoms with Crippen molar-refractivity contribution in [3.05, 3.63) is 72.9 Å². The molecular weight excluding hydrogens is 793 g/mol. The quantitative estimate of drug-likeness (QED) is 0.0262. The Kier molecular flexibility index (Phi) is 49.9. The monoisotopic (exact) mass is 893 g/mol. The Bertz CT molecular complexity index is 1210. The fourth-order valence-corrected chi connectivity index (χ4v) is 7.35. The van der Waals surface area contributed by atoms with Gasteiger partial charge in [0.25, 0.3) is 0 Å². The first-order valence-electron chi connectivity index (χ1n) is 26.9. The van der Waals surface area contributed by atoms with Crippen LogP contribution in [0, 0.1) is 0 Å². The van der Waals surface area contributed by atoms with Crippen LogP contribution in [-0.2, 0) is 28.6 Å². The van der Waals surface area contributed by atoms with E-state index in [4.69, 9.17) is 14.2 Å². The van der Waals surface area contributed by atoms with Crippen LogP contribution in [0.15, 0.2) is 72.9 Å². The number of carbonyl (C=O) groups is 3. The molecule has 0 aromatic heterocycles. The number of esters is 3. The summed E-state index contributed by atoms with van der Waals surface area (Å²) in [7, 11) is 0. The third kappa shape index (κ3) is 49.9. The van der Waals surface area contributed by atoms with Crippen molar-refractivity contribution in [2.75, 3.05) is 13.2 Å². The van der Waals surface area contributed by atoms with Gasteiger partial charge in [-0.05, 0) is 103 Å². The lowest BCUT2D eigenvalue weighted by molar-refractivity contribution is -0.167. The number of carbonyl (C=O) groups excluding carboxylic acids is 3. The molecule has 0 saturated heterocycles. The summed E-state index contributed by atoms with van der Waals surface area (Å²) in [5.74, 6) is -0.916. The van der Waals surface area contributed by atoms with Crippen molar-refractivity contribution in [3.63, 3.8) is 0 Å². The van der Waals surface area contributed by atoms with Crippen LogP contribution in [0.3, 0.4) is 0 Å². The first-order valence-corrected chi connectivity index (χ1v) is 26.9. The zero-order valence-corrected chi connectivity index (χ0v) is 42.0. The van der Waals surface area contributed by atoms with Gasteiger partial charge in [0.2, 0.25) is 0 Å². The Morgan fingerprint density at radius 3 is 1.02 bits per heavy atom. The van der Waals surface area contributed by atoms with Crippen LogP contribution in [0.5, 0.6) is 0 Å². The molecule has 0 N–H and O–H groups in total. The summed E-state index contributed by atoms with van der Waals surface area (Å²) >= 11 is 0. The molecule has 1 atom stereocenters. The lowest BCUT2D eigenvalue weighted by Crippen LogP contribution is -2.30. The molecule has 64 heavy (non-hydrogen) atoms. The normalized spacial score (nSPS) is 12.6. The summed E-state index contributed by atoms with van der Waals surface area (Å²) < 4.78 is 16.8. The van der Waals surface area contributed by atoms with Crippen LogP contribution >= 0.6 is 0 Å². The van der Waals surface area contributed by atoms with Gasteiger partial charge in [-0.1, -0.05) is 209 Å². The second-order valence-electron chi connectivity index (χ2n) is 17.7. The maximum atomic E-state index is 12.8. The summed E-state index contributed by atoms with van der Waals surface area (Å²) in [6.07, 6.45) is 66.0. The van der Waals surface area contributed by atoms with Crippen LogP contribution < -0.4 is 0 Å². The molecule has 6 nitrogen and oxygen atoms in total. The summed E-state index contributed by atoms with van der Waals surface area (Å²) in [6, 6.07) is 0. The van der Waals surface area contributed by atoms with Crippen molar-refractivity contribution in [3.8, 4) is 0 Å². The van der Waals surface area contributed by atoms with Crippen LogP contribution in [-0.4, -0.2) is 37.2 Å². The highest BCUT2D eigenvalue weighted by atomic mass is 16.6. The molecule has 0 fully saturated rings. The third-order valence-electron chi connectivity index (χ3n) is 11.4. The van der Waals surface area contributed by atoms with Gasteiger partial charge >= 0.3 is 17.9 Å². The van der Waals surface area contributed by atoms with Gasteiger partial charge in [0.05, 0.1) is 0 Å². The van der Waals surface area contributed by atoms with Crippen LogP contribution in [0.25, 0.3) is 0 Å². The largest absolute Gasteiger partial charge is 0.462 e. The molecule has 0 spiro atoms. The molecule has 0 aromatic carbocycles. The lowest BCUT2D eigenvalue weighted by atomic mass is 10.1. The minimum absolute atomic E-state index is 0.0877. The smallest absolute Gasteiger partial charge is 0.306 e. The van der Waals surface area contributed by atoms with E-state index in [0.717, 1.165) is 109 Å². The fraction of sp³-hybridized carbons (Fsp3) is 0.741. The van der Waals surface area contributed by atoms with Crippen molar-refractivity contribution in [1.82, 2.24) is 0 Å². The number of hydrogen-bond donors (Lipinski definition) is 0. The van der Waals surface area contributed by atoms with Gasteiger partial charge in [-0.15, -0.1) is 0 Å². The highest BCUT2D eigenvalue weighted by Gasteiger charge is 2.19. The second kappa shape index (κ2) is 52.5.